The van der Waals surface area contributed by atoms with Gasteiger partial charge in [0.05, 0.1) is 22.1 Å². The number of benzene rings is 3. The van der Waals surface area contributed by atoms with Crippen molar-refractivity contribution < 1.29 is 19.6 Å². The normalized spacial score (nSPS) is 13.2. The average Bonchev–Trinajstić information content (AvgIpc) is 3.48. The molecule has 0 bridgehead atoms. The summed E-state index contributed by atoms with van der Waals surface area (Å²) in [5, 5.41) is 27.5. The summed E-state index contributed by atoms with van der Waals surface area (Å²) in [4.78, 5) is 43.6. The molecule has 1 aromatic heterocycles. The maximum absolute atomic E-state index is 13.0. The lowest BCUT2D eigenvalue weighted by atomic mass is 10.1. The minimum atomic E-state index is -0.704. The number of carbonyl (C=O) groups is 3. The zero-order valence-corrected chi connectivity index (χ0v) is 21.9. The van der Waals surface area contributed by atoms with Gasteiger partial charge in [0.2, 0.25) is 0 Å². The summed E-state index contributed by atoms with van der Waals surface area (Å²) in [5.41, 5.74) is 2.01. The van der Waals surface area contributed by atoms with Crippen molar-refractivity contribution in [1.82, 2.24) is 4.98 Å². The number of imide groups is 1. The molecule has 39 heavy (non-hydrogen) atoms. The molecule has 0 unspecified atom stereocenters. The molecular weight excluding hydrogens is 565 g/mol. The second-order valence-corrected chi connectivity index (χ2v) is 9.75. The Hall–Kier alpha value is -4.26. The molecule has 13 heteroatoms. The monoisotopic (exact) mass is 580 g/mol. The standard InChI is InChI=1S/C26H16Cl2N5O5S/c27-18-6-1-2-7-20(18)32-24(35)21(28)22(25(32)36)29-16-10-8-14(9-11-16)23(34)31-26-30-19(13-39-26)15-4-3-5-17(12-15)33(37)38/h1-13,29,37H,(H,30,31,34)/q-1. The van der Waals surface area contributed by atoms with Crippen molar-refractivity contribution >= 4 is 74.5 Å². The third kappa shape index (κ3) is 5.35. The van der Waals surface area contributed by atoms with E-state index in [1.54, 1.807) is 47.8 Å². The van der Waals surface area contributed by atoms with Gasteiger partial charge in [0, 0.05) is 22.2 Å². The van der Waals surface area contributed by atoms with E-state index in [2.05, 4.69) is 15.6 Å². The second-order valence-electron chi connectivity index (χ2n) is 8.10. The Balaban J connectivity index is 1.26. The maximum atomic E-state index is 13.0. The molecule has 4 aromatic rings. The highest BCUT2D eigenvalue weighted by molar-refractivity contribution is 7.14. The molecule has 196 valence electrons. The number of carbonyl (C=O) groups excluding carboxylic acids is 3. The molecule has 0 saturated carbocycles. The molecule has 1 aliphatic heterocycles. The van der Waals surface area contributed by atoms with Gasteiger partial charge in [0.25, 0.3) is 17.7 Å². The summed E-state index contributed by atoms with van der Waals surface area (Å²) in [6.07, 6.45) is 0. The first-order chi connectivity index (χ1) is 18.7. The number of hydrogen-bond donors (Lipinski definition) is 3. The summed E-state index contributed by atoms with van der Waals surface area (Å²) in [5.74, 6) is -1.79. The van der Waals surface area contributed by atoms with Crippen molar-refractivity contribution in [3.63, 3.8) is 0 Å². The molecule has 10 nitrogen and oxygen atoms in total. The number of halogens is 2. The van der Waals surface area contributed by atoms with E-state index in [4.69, 9.17) is 28.4 Å². The predicted molar refractivity (Wildman–Crippen MR) is 150 cm³/mol. The van der Waals surface area contributed by atoms with Crippen molar-refractivity contribution in [2.45, 2.75) is 0 Å². The SMILES string of the molecule is O=C(Nc1nc(-c2cccc(N([O-])O)c2)cs1)c1ccc(NC2=C(Cl)C(=O)N(c3ccccc3Cl)C2=O)cc1. The lowest BCUT2D eigenvalue weighted by Crippen LogP contribution is -2.32. The van der Waals surface area contributed by atoms with E-state index in [-0.39, 0.29) is 32.4 Å². The van der Waals surface area contributed by atoms with Gasteiger partial charge in [-0.3, -0.25) is 24.9 Å². The van der Waals surface area contributed by atoms with Crippen molar-refractivity contribution in [1.29, 1.82) is 0 Å². The predicted octanol–water partition coefficient (Wildman–Crippen LogP) is 5.84. The highest BCUT2D eigenvalue weighted by atomic mass is 35.5. The Bertz CT molecular complexity index is 1640. The largest absolute Gasteiger partial charge is 0.733 e. The van der Waals surface area contributed by atoms with Gasteiger partial charge in [-0.25, -0.2) is 9.88 Å². The fraction of sp³-hybridized carbons (Fsp3) is 0. The molecular formula is C26H16Cl2N5O5S-. The molecule has 0 saturated heterocycles. The number of para-hydroxylation sites is 1. The summed E-state index contributed by atoms with van der Waals surface area (Å²) >= 11 is 13.5. The van der Waals surface area contributed by atoms with Crippen molar-refractivity contribution in [3.05, 3.63) is 105 Å². The van der Waals surface area contributed by atoms with Gasteiger partial charge in [-0.15, -0.1) is 11.3 Å². The van der Waals surface area contributed by atoms with Crippen LogP contribution in [0, 0.1) is 5.21 Å². The van der Waals surface area contributed by atoms with E-state index in [0.717, 1.165) is 4.90 Å². The second kappa shape index (κ2) is 10.8. The third-order valence-corrected chi connectivity index (χ3v) is 7.05. The molecule has 0 fully saturated rings. The van der Waals surface area contributed by atoms with Crippen LogP contribution in [0.15, 0.2) is 88.9 Å². The van der Waals surface area contributed by atoms with E-state index < -0.39 is 17.7 Å². The molecule has 2 heterocycles. The van der Waals surface area contributed by atoms with Gasteiger partial charge >= 0.3 is 0 Å². The lowest BCUT2D eigenvalue weighted by Gasteiger charge is -2.21. The molecule has 3 aromatic carbocycles. The van der Waals surface area contributed by atoms with E-state index in [1.807, 2.05) is 0 Å². The van der Waals surface area contributed by atoms with Crippen molar-refractivity contribution in [2.24, 2.45) is 0 Å². The zero-order chi connectivity index (χ0) is 27.7. The Labute approximate surface area is 235 Å². The molecule has 0 radical (unpaired) electrons. The quantitative estimate of drug-likeness (QED) is 0.183. The minimum Gasteiger partial charge on any atom is -0.733 e. The van der Waals surface area contributed by atoms with Crippen LogP contribution in [0.2, 0.25) is 5.02 Å². The Morgan fingerprint density at radius 1 is 1.00 bits per heavy atom. The minimum absolute atomic E-state index is 0.0528. The molecule has 3 N–H and O–H groups in total. The first kappa shape index (κ1) is 26.4. The number of rotatable bonds is 7. The number of nitrogens with zero attached hydrogens (tertiary/aromatic N) is 3. The van der Waals surface area contributed by atoms with E-state index >= 15 is 0 Å². The topological polar surface area (TPSA) is 138 Å². The van der Waals surface area contributed by atoms with Crippen LogP contribution < -0.4 is 20.8 Å². The first-order valence-electron chi connectivity index (χ1n) is 11.2. The summed E-state index contributed by atoms with van der Waals surface area (Å²) in [6.45, 7) is 0. The number of thiazole rings is 1. The third-order valence-electron chi connectivity index (χ3n) is 5.62. The van der Waals surface area contributed by atoms with Crippen LogP contribution >= 0.6 is 34.5 Å². The molecule has 0 spiro atoms. The van der Waals surface area contributed by atoms with E-state index in [1.165, 1.54) is 41.7 Å². The molecule has 5 rings (SSSR count). The number of hydrogen-bond acceptors (Lipinski definition) is 9. The molecule has 1 aliphatic rings. The fourth-order valence-electron chi connectivity index (χ4n) is 3.73. The van der Waals surface area contributed by atoms with Crippen LogP contribution in [-0.2, 0) is 9.59 Å². The van der Waals surface area contributed by atoms with Crippen molar-refractivity contribution in [3.8, 4) is 11.3 Å². The van der Waals surface area contributed by atoms with Crippen LogP contribution in [0.3, 0.4) is 0 Å². The molecule has 0 atom stereocenters. The van der Waals surface area contributed by atoms with Crippen LogP contribution in [0.25, 0.3) is 11.3 Å². The van der Waals surface area contributed by atoms with Gasteiger partial charge in [0.15, 0.2) is 5.13 Å². The first-order valence-corrected chi connectivity index (χ1v) is 12.8. The molecule has 0 aliphatic carbocycles. The number of amides is 3. The molecule has 3 amide bonds. The maximum Gasteiger partial charge on any atom is 0.283 e. The summed E-state index contributed by atoms with van der Waals surface area (Å²) in [6, 6.07) is 18.8. The summed E-state index contributed by atoms with van der Waals surface area (Å²) < 4.78 is 0. The van der Waals surface area contributed by atoms with E-state index in [9.17, 15) is 19.6 Å². The Morgan fingerprint density at radius 3 is 2.46 bits per heavy atom. The highest BCUT2D eigenvalue weighted by Crippen LogP contribution is 2.34. The number of aromatic nitrogens is 1. The van der Waals surface area contributed by atoms with Crippen LogP contribution in [0.1, 0.15) is 10.4 Å². The highest BCUT2D eigenvalue weighted by Gasteiger charge is 2.39. The van der Waals surface area contributed by atoms with Crippen LogP contribution in [-0.4, -0.2) is 27.9 Å². The number of nitrogens with one attached hydrogen (secondary N) is 2. The summed E-state index contributed by atoms with van der Waals surface area (Å²) in [7, 11) is 0. The Morgan fingerprint density at radius 2 is 1.74 bits per heavy atom. The zero-order valence-electron chi connectivity index (χ0n) is 19.6. The van der Waals surface area contributed by atoms with Gasteiger partial charge in [0.1, 0.15) is 10.7 Å². The number of anilines is 4. The van der Waals surface area contributed by atoms with Crippen LogP contribution in [0.4, 0.5) is 22.2 Å². The van der Waals surface area contributed by atoms with Gasteiger partial charge in [-0.2, -0.15) is 0 Å². The average molecular weight is 581 g/mol. The fourth-order valence-corrected chi connectivity index (χ4v) is 4.88. The van der Waals surface area contributed by atoms with Gasteiger partial charge in [-0.05, 0) is 48.5 Å². The Kier molecular flexibility index (Phi) is 7.33. The smallest absolute Gasteiger partial charge is 0.283 e. The van der Waals surface area contributed by atoms with E-state index in [0.29, 0.717) is 27.6 Å². The van der Waals surface area contributed by atoms with Crippen LogP contribution in [0.5, 0.6) is 0 Å². The van der Waals surface area contributed by atoms with Gasteiger partial charge in [-0.1, -0.05) is 47.5 Å². The lowest BCUT2D eigenvalue weighted by molar-refractivity contribution is -0.120. The van der Waals surface area contributed by atoms with Gasteiger partial charge < -0.3 is 15.8 Å². The van der Waals surface area contributed by atoms with Crippen molar-refractivity contribution in [2.75, 3.05) is 20.8 Å².